The average Bonchev–Trinajstić information content (AvgIpc) is 2.51. The van der Waals surface area contributed by atoms with E-state index in [0.717, 1.165) is 28.8 Å². The molecule has 2 aromatic carbocycles. The zero-order chi connectivity index (χ0) is 20.0. The Hall–Kier alpha value is -1.73. The largest absolute Gasteiger partial charge is 0.416 e. The number of alkyl halides is 3. The molecule has 26 heavy (non-hydrogen) atoms. The number of anilines is 1. The molecule has 0 aliphatic rings. The first kappa shape index (κ1) is 20.6. The fourth-order valence-electron chi connectivity index (χ4n) is 2.84. The molecule has 0 aromatic heterocycles. The first-order valence-electron chi connectivity index (χ1n) is 7.74. The number of hydrogen-bond acceptors (Lipinski definition) is 2. The van der Waals surface area contributed by atoms with Gasteiger partial charge in [0.25, 0.3) is 10.0 Å². The average molecular weight is 406 g/mol. The van der Waals surface area contributed by atoms with E-state index in [-0.39, 0.29) is 15.6 Å². The molecule has 0 bridgehead atoms. The second kappa shape index (κ2) is 6.78. The van der Waals surface area contributed by atoms with Gasteiger partial charge in [0.15, 0.2) is 0 Å². The second-order valence-electron chi connectivity index (χ2n) is 6.25. The Bertz CT molecular complexity index is 954. The third kappa shape index (κ3) is 3.69. The van der Waals surface area contributed by atoms with Crippen molar-refractivity contribution in [2.24, 2.45) is 0 Å². The summed E-state index contributed by atoms with van der Waals surface area (Å²) >= 11 is 5.91. The summed E-state index contributed by atoms with van der Waals surface area (Å²) in [5, 5.41) is -0.113. The Labute approximate surface area is 156 Å². The van der Waals surface area contributed by atoms with E-state index >= 15 is 0 Å². The smallest absolute Gasteiger partial charge is 0.278 e. The molecule has 2 aromatic rings. The highest BCUT2D eigenvalue weighted by atomic mass is 35.5. The van der Waals surface area contributed by atoms with Crippen LogP contribution in [0.15, 0.2) is 23.1 Å². The van der Waals surface area contributed by atoms with Gasteiger partial charge in [-0.15, -0.1) is 0 Å². The van der Waals surface area contributed by atoms with Gasteiger partial charge in [0.2, 0.25) is 0 Å². The third-order valence-electron chi connectivity index (χ3n) is 4.74. The van der Waals surface area contributed by atoms with Gasteiger partial charge in [0.05, 0.1) is 21.2 Å². The summed E-state index contributed by atoms with van der Waals surface area (Å²) < 4.78 is 66.8. The van der Waals surface area contributed by atoms with Gasteiger partial charge in [-0.25, -0.2) is 8.42 Å². The summed E-state index contributed by atoms with van der Waals surface area (Å²) in [5.41, 5.74) is 2.45. The number of hydrogen-bond donors (Lipinski definition) is 1. The fourth-order valence-corrected chi connectivity index (χ4v) is 4.74. The highest BCUT2D eigenvalue weighted by molar-refractivity contribution is 7.92. The molecule has 3 nitrogen and oxygen atoms in total. The van der Waals surface area contributed by atoms with Crippen LogP contribution in [0.3, 0.4) is 0 Å². The predicted molar refractivity (Wildman–Crippen MR) is 97.4 cm³/mol. The van der Waals surface area contributed by atoms with Crippen molar-refractivity contribution in [2.75, 3.05) is 4.72 Å². The Morgan fingerprint density at radius 2 is 1.35 bits per heavy atom. The molecule has 0 atom stereocenters. The molecule has 2 rings (SSSR count). The van der Waals surface area contributed by atoms with E-state index < -0.39 is 21.8 Å². The molecular formula is C18H19ClF3NO2S. The van der Waals surface area contributed by atoms with E-state index in [2.05, 4.69) is 4.72 Å². The number of benzene rings is 2. The van der Waals surface area contributed by atoms with Crippen molar-refractivity contribution in [3.63, 3.8) is 0 Å². The first-order chi connectivity index (χ1) is 11.8. The van der Waals surface area contributed by atoms with Gasteiger partial charge < -0.3 is 0 Å². The highest BCUT2D eigenvalue weighted by Crippen LogP contribution is 2.36. The van der Waals surface area contributed by atoms with Gasteiger partial charge in [0.1, 0.15) is 0 Å². The minimum absolute atomic E-state index is 0.0616. The van der Waals surface area contributed by atoms with E-state index in [1.165, 1.54) is 0 Å². The van der Waals surface area contributed by atoms with Crippen LogP contribution in [0.4, 0.5) is 18.9 Å². The predicted octanol–water partition coefficient (Wildman–Crippen LogP) is 5.70. The second-order valence-corrected chi connectivity index (χ2v) is 8.28. The maximum absolute atomic E-state index is 12.9. The van der Waals surface area contributed by atoms with Crippen molar-refractivity contribution in [1.29, 1.82) is 0 Å². The maximum atomic E-state index is 12.9. The third-order valence-corrected chi connectivity index (χ3v) is 6.71. The molecule has 0 saturated carbocycles. The molecule has 8 heteroatoms. The zero-order valence-electron chi connectivity index (χ0n) is 15.0. The minimum atomic E-state index is -4.60. The molecule has 0 unspecified atom stereocenters. The lowest BCUT2D eigenvalue weighted by Gasteiger charge is -2.20. The summed E-state index contributed by atoms with van der Waals surface area (Å²) in [6.07, 6.45) is -4.60. The Kier molecular flexibility index (Phi) is 5.36. The standard InChI is InChI=1S/C18H19ClF3NO2S/c1-9-10(2)12(4)17(13(5)11(9)3)26(24,25)23-16-8-14(18(20,21)22)6-7-15(16)19/h6-8,23H,1-5H3. The summed E-state index contributed by atoms with van der Waals surface area (Å²) in [4.78, 5) is 0.0616. The summed E-state index contributed by atoms with van der Waals surface area (Å²) in [6, 6.07) is 2.52. The number of sulfonamides is 1. The molecule has 0 heterocycles. The van der Waals surface area contributed by atoms with E-state index in [4.69, 9.17) is 11.6 Å². The van der Waals surface area contributed by atoms with Crippen LogP contribution in [0.5, 0.6) is 0 Å². The number of rotatable bonds is 3. The molecular weight excluding hydrogens is 387 g/mol. The lowest BCUT2D eigenvalue weighted by Crippen LogP contribution is -2.18. The minimum Gasteiger partial charge on any atom is -0.278 e. The van der Waals surface area contributed by atoms with E-state index in [0.29, 0.717) is 17.2 Å². The number of nitrogens with one attached hydrogen (secondary N) is 1. The Morgan fingerprint density at radius 3 is 1.81 bits per heavy atom. The first-order valence-corrected chi connectivity index (χ1v) is 9.60. The Balaban J connectivity index is 2.62. The molecule has 0 saturated heterocycles. The molecule has 0 spiro atoms. The summed E-state index contributed by atoms with van der Waals surface area (Å²) in [5.74, 6) is 0. The molecule has 0 aliphatic heterocycles. The molecule has 1 N–H and O–H groups in total. The zero-order valence-corrected chi connectivity index (χ0v) is 16.5. The van der Waals surface area contributed by atoms with Gasteiger partial charge in [-0.2, -0.15) is 13.2 Å². The van der Waals surface area contributed by atoms with Crippen LogP contribution in [0.25, 0.3) is 0 Å². The molecule has 0 aliphatic carbocycles. The van der Waals surface area contributed by atoms with Gasteiger partial charge in [-0.3, -0.25) is 4.72 Å². The molecule has 142 valence electrons. The summed E-state index contributed by atoms with van der Waals surface area (Å²) in [6.45, 7) is 8.88. The molecule has 0 fully saturated rings. The Morgan fingerprint density at radius 1 is 0.885 bits per heavy atom. The molecule has 0 amide bonds. The van der Waals surface area contributed by atoms with Crippen molar-refractivity contribution in [2.45, 2.75) is 45.7 Å². The van der Waals surface area contributed by atoms with Crippen molar-refractivity contribution < 1.29 is 21.6 Å². The van der Waals surface area contributed by atoms with Crippen LogP contribution < -0.4 is 4.72 Å². The SMILES string of the molecule is Cc1c(C)c(C)c(S(=O)(=O)Nc2cc(C(F)(F)F)ccc2Cl)c(C)c1C. The lowest BCUT2D eigenvalue weighted by molar-refractivity contribution is -0.137. The van der Waals surface area contributed by atoms with Crippen LogP contribution in [0, 0.1) is 34.6 Å². The van der Waals surface area contributed by atoms with Crippen molar-refractivity contribution >= 4 is 27.3 Å². The topological polar surface area (TPSA) is 46.2 Å². The van der Waals surface area contributed by atoms with Crippen LogP contribution >= 0.6 is 11.6 Å². The van der Waals surface area contributed by atoms with Crippen molar-refractivity contribution in [3.05, 3.63) is 56.6 Å². The quantitative estimate of drug-likeness (QED) is 0.711. The number of halogens is 4. The van der Waals surface area contributed by atoms with E-state index in [1.54, 1.807) is 13.8 Å². The van der Waals surface area contributed by atoms with Crippen LogP contribution in [0.1, 0.15) is 33.4 Å². The maximum Gasteiger partial charge on any atom is 0.416 e. The van der Waals surface area contributed by atoms with Crippen molar-refractivity contribution in [1.82, 2.24) is 0 Å². The van der Waals surface area contributed by atoms with Gasteiger partial charge >= 0.3 is 6.18 Å². The van der Waals surface area contributed by atoms with Crippen LogP contribution in [0.2, 0.25) is 5.02 Å². The fraction of sp³-hybridized carbons (Fsp3) is 0.333. The highest BCUT2D eigenvalue weighted by Gasteiger charge is 2.32. The van der Waals surface area contributed by atoms with Gasteiger partial charge in [0, 0.05) is 0 Å². The van der Waals surface area contributed by atoms with Crippen molar-refractivity contribution in [3.8, 4) is 0 Å². The van der Waals surface area contributed by atoms with E-state index in [1.807, 2.05) is 20.8 Å². The van der Waals surface area contributed by atoms with Crippen LogP contribution in [-0.4, -0.2) is 8.42 Å². The summed E-state index contributed by atoms with van der Waals surface area (Å²) in [7, 11) is -4.12. The van der Waals surface area contributed by atoms with E-state index in [9.17, 15) is 21.6 Å². The van der Waals surface area contributed by atoms with Gasteiger partial charge in [-0.1, -0.05) is 11.6 Å². The monoisotopic (exact) mass is 405 g/mol. The van der Waals surface area contributed by atoms with Gasteiger partial charge in [-0.05, 0) is 80.6 Å². The normalized spacial score (nSPS) is 12.3. The van der Waals surface area contributed by atoms with Crippen LogP contribution in [-0.2, 0) is 16.2 Å². The molecule has 0 radical (unpaired) electrons. The lowest BCUT2D eigenvalue weighted by atomic mass is 9.95.